The Morgan fingerprint density at radius 2 is 1.62 bits per heavy atom. The van der Waals surface area contributed by atoms with Gasteiger partial charge in [-0.15, -0.1) is 0 Å². The van der Waals surface area contributed by atoms with Gasteiger partial charge in [0.2, 0.25) is 0 Å². The summed E-state index contributed by atoms with van der Waals surface area (Å²) in [6, 6.07) is 16.5. The van der Waals surface area contributed by atoms with Gasteiger partial charge in [-0.05, 0) is 73.7 Å². The normalized spacial score (nSPS) is 17.3. The smallest absolute Gasteiger partial charge is 0.258 e. The van der Waals surface area contributed by atoms with E-state index in [4.69, 9.17) is 11.6 Å². The van der Waals surface area contributed by atoms with Crippen molar-refractivity contribution in [3.63, 3.8) is 0 Å². The molecule has 0 saturated heterocycles. The third-order valence-electron chi connectivity index (χ3n) is 4.86. The van der Waals surface area contributed by atoms with Gasteiger partial charge in [0.25, 0.3) is 5.91 Å². The molecule has 1 heterocycles. The minimum absolute atomic E-state index is 0.197. The van der Waals surface area contributed by atoms with Crippen LogP contribution in [0.2, 0.25) is 5.02 Å². The number of hydrogen-bond acceptors (Lipinski definition) is 2. The summed E-state index contributed by atoms with van der Waals surface area (Å²) >= 11 is 6.22. The molecule has 3 aromatic rings. The van der Waals surface area contributed by atoms with E-state index in [-0.39, 0.29) is 17.8 Å². The molecule has 0 aromatic heterocycles. The third kappa shape index (κ3) is 3.91. The van der Waals surface area contributed by atoms with Gasteiger partial charge in [-0.2, -0.15) is 0 Å². The number of carbonyl (C=O) groups is 1. The number of rotatable bonds is 2. The number of carbonyl (C=O) groups excluding carboxylic acids is 1. The van der Waals surface area contributed by atoms with Crippen LogP contribution in [0.15, 0.2) is 71.7 Å². The Balaban J connectivity index is 1.78. The van der Waals surface area contributed by atoms with E-state index in [1.54, 1.807) is 29.2 Å². The van der Waals surface area contributed by atoms with Gasteiger partial charge in [0.05, 0.1) is 17.1 Å². The minimum Gasteiger partial charge on any atom is -0.304 e. The largest absolute Gasteiger partial charge is 0.304 e. The van der Waals surface area contributed by atoms with Gasteiger partial charge in [0.1, 0.15) is 11.6 Å². The first kappa shape index (κ1) is 19.3. The Kier molecular flexibility index (Phi) is 5.16. The van der Waals surface area contributed by atoms with Crippen LogP contribution < -0.4 is 4.90 Å². The molecule has 6 heteroatoms. The summed E-state index contributed by atoms with van der Waals surface area (Å²) in [4.78, 5) is 19.5. The summed E-state index contributed by atoms with van der Waals surface area (Å²) in [5, 5.41) is 0.496. The quantitative estimate of drug-likeness (QED) is 0.496. The van der Waals surface area contributed by atoms with Gasteiger partial charge in [0, 0.05) is 28.6 Å². The first-order chi connectivity index (χ1) is 13.9. The average molecular weight is 411 g/mol. The number of benzene rings is 3. The topological polar surface area (TPSA) is 32.7 Å². The molecule has 29 heavy (non-hydrogen) atoms. The minimum atomic E-state index is -0.398. The van der Waals surface area contributed by atoms with Crippen molar-refractivity contribution in [1.29, 1.82) is 0 Å². The highest BCUT2D eigenvalue weighted by molar-refractivity contribution is 6.31. The maximum Gasteiger partial charge on any atom is 0.258 e. The van der Waals surface area contributed by atoms with Gasteiger partial charge in [-0.1, -0.05) is 11.6 Å². The molecule has 3 aromatic carbocycles. The zero-order valence-corrected chi connectivity index (χ0v) is 16.3. The van der Waals surface area contributed by atoms with Crippen LogP contribution >= 0.6 is 11.6 Å². The van der Waals surface area contributed by atoms with Gasteiger partial charge in [-0.3, -0.25) is 9.79 Å². The van der Waals surface area contributed by atoms with Crippen LogP contribution in [0.4, 0.5) is 20.2 Å². The Morgan fingerprint density at radius 3 is 2.28 bits per heavy atom. The van der Waals surface area contributed by atoms with Gasteiger partial charge in [-0.25, -0.2) is 8.78 Å². The second-order valence-electron chi connectivity index (χ2n) is 6.93. The van der Waals surface area contributed by atoms with E-state index in [0.29, 0.717) is 28.4 Å². The van der Waals surface area contributed by atoms with E-state index in [2.05, 4.69) is 4.99 Å². The van der Waals surface area contributed by atoms with Gasteiger partial charge in [0.15, 0.2) is 0 Å². The molecule has 0 radical (unpaired) electrons. The van der Waals surface area contributed by atoms with Crippen LogP contribution in [-0.4, -0.2) is 17.7 Å². The van der Waals surface area contributed by atoms with E-state index in [1.165, 1.54) is 36.4 Å². The molecule has 0 fully saturated rings. The third-order valence-corrected chi connectivity index (χ3v) is 5.10. The van der Waals surface area contributed by atoms with Gasteiger partial charge < -0.3 is 4.90 Å². The Hall–Kier alpha value is -3.05. The first-order valence-electron chi connectivity index (χ1n) is 9.14. The van der Waals surface area contributed by atoms with Crippen LogP contribution in [0, 0.1) is 11.6 Å². The zero-order valence-electron chi connectivity index (χ0n) is 15.6. The molecular weight excluding hydrogens is 394 g/mol. The highest BCUT2D eigenvalue weighted by Gasteiger charge is 2.32. The fourth-order valence-corrected chi connectivity index (χ4v) is 3.65. The van der Waals surface area contributed by atoms with Crippen molar-refractivity contribution in [2.75, 3.05) is 4.90 Å². The SMILES string of the molecule is CC1CC(=Nc2ccc(F)cc2)c2ccc(Cl)cc2N1C(=O)c1ccc(F)cc1. The van der Waals surface area contributed by atoms with Crippen molar-refractivity contribution in [2.24, 2.45) is 4.99 Å². The Morgan fingerprint density at radius 1 is 1.00 bits per heavy atom. The summed E-state index contributed by atoms with van der Waals surface area (Å²) < 4.78 is 26.5. The number of nitrogens with zero attached hydrogens (tertiary/aromatic N) is 2. The zero-order chi connectivity index (χ0) is 20.5. The summed E-state index contributed by atoms with van der Waals surface area (Å²) in [5.41, 5.74) is 3.24. The van der Waals surface area contributed by atoms with E-state index in [9.17, 15) is 13.6 Å². The maximum atomic E-state index is 13.3. The van der Waals surface area contributed by atoms with E-state index in [0.717, 1.165) is 11.3 Å². The predicted molar refractivity (Wildman–Crippen MR) is 111 cm³/mol. The van der Waals surface area contributed by atoms with E-state index in [1.807, 2.05) is 13.0 Å². The number of fused-ring (bicyclic) bond motifs is 1. The average Bonchev–Trinajstić information content (AvgIpc) is 2.70. The molecule has 0 bridgehead atoms. The van der Waals surface area contributed by atoms with Gasteiger partial charge >= 0.3 is 0 Å². The van der Waals surface area contributed by atoms with Crippen LogP contribution in [0.25, 0.3) is 0 Å². The number of aliphatic imine (C=N–C) groups is 1. The molecule has 0 aliphatic carbocycles. The van der Waals surface area contributed by atoms with Crippen molar-refractivity contribution < 1.29 is 13.6 Å². The van der Waals surface area contributed by atoms with Crippen LogP contribution in [0.1, 0.15) is 29.3 Å². The highest BCUT2D eigenvalue weighted by atomic mass is 35.5. The molecule has 1 unspecified atom stereocenters. The number of amides is 1. The summed E-state index contributed by atoms with van der Waals surface area (Å²) in [6.45, 7) is 1.92. The monoisotopic (exact) mass is 410 g/mol. The predicted octanol–water partition coefficient (Wildman–Crippen LogP) is 6.18. The summed E-state index contributed by atoms with van der Waals surface area (Å²) in [5.74, 6) is -0.957. The molecule has 0 spiro atoms. The standard InChI is InChI=1S/C23H17ClF2N2O/c1-14-12-21(27-19-9-7-18(26)8-10-19)20-11-4-16(24)13-22(20)28(14)23(29)15-2-5-17(25)6-3-15/h2-11,13-14H,12H2,1H3. The summed E-state index contributed by atoms with van der Waals surface area (Å²) in [7, 11) is 0. The lowest BCUT2D eigenvalue weighted by Crippen LogP contribution is -2.44. The molecule has 0 N–H and O–H groups in total. The van der Waals surface area contributed by atoms with Crippen molar-refractivity contribution in [1.82, 2.24) is 0 Å². The Bertz CT molecular complexity index is 1090. The lowest BCUT2D eigenvalue weighted by atomic mass is 9.93. The molecule has 146 valence electrons. The van der Waals surface area contributed by atoms with Crippen molar-refractivity contribution in [2.45, 2.75) is 19.4 Å². The molecule has 1 atom stereocenters. The molecular formula is C23H17ClF2N2O. The fourth-order valence-electron chi connectivity index (χ4n) is 3.49. The fraction of sp³-hybridized carbons (Fsp3) is 0.130. The van der Waals surface area contributed by atoms with Crippen LogP contribution in [-0.2, 0) is 0 Å². The number of halogens is 3. The first-order valence-corrected chi connectivity index (χ1v) is 9.52. The lowest BCUT2D eigenvalue weighted by molar-refractivity contribution is 0.0978. The second-order valence-corrected chi connectivity index (χ2v) is 7.37. The second kappa shape index (κ2) is 7.76. The molecule has 1 aliphatic heterocycles. The molecule has 1 amide bonds. The van der Waals surface area contributed by atoms with Crippen molar-refractivity contribution >= 4 is 34.6 Å². The van der Waals surface area contributed by atoms with Crippen LogP contribution in [0.3, 0.4) is 0 Å². The number of hydrogen-bond donors (Lipinski definition) is 0. The summed E-state index contributed by atoms with van der Waals surface area (Å²) in [6.07, 6.45) is 0.513. The molecule has 1 aliphatic rings. The van der Waals surface area contributed by atoms with Crippen molar-refractivity contribution in [3.05, 3.63) is 94.5 Å². The maximum absolute atomic E-state index is 13.3. The number of anilines is 1. The highest BCUT2D eigenvalue weighted by Crippen LogP contribution is 2.35. The van der Waals surface area contributed by atoms with E-state index >= 15 is 0 Å². The van der Waals surface area contributed by atoms with E-state index < -0.39 is 5.82 Å². The molecule has 4 rings (SSSR count). The molecule has 3 nitrogen and oxygen atoms in total. The lowest BCUT2D eigenvalue weighted by Gasteiger charge is -2.36. The Labute approximate surface area is 172 Å². The van der Waals surface area contributed by atoms with Crippen molar-refractivity contribution in [3.8, 4) is 0 Å². The van der Waals surface area contributed by atoms with Crippen LogP contribution in [0.5, 0.6) is 0 Å². The molecule has 0 saturated carbocycles.